The molecule has 0 N–H and O–H groups in total. The van der Waals surface area contributed by atoms with Gasteiger partial charge in [0.1, 0.15) is 30.9 Å². The molecule has 0 radical (unpaired) electrons. The molecular weight excluding hydrogens is 621 g/mol. The Morgan fingerprint density at radius 2 is 1.80 bits per heavy atom. The van der Waals surface area contributed by atoms with Crippen molar-refractivity contribution in [1.29, 1.82) is 0 Å². The Balaban J connectivity index is 1.18. The Kier molecular flexibility index (Phi) is 9.75. The van der Waals surface area contributed by atoms with Crippen molar-refractivity contribution in [2.45, 2.75) is 50.9 Å². The highest BCUT2D eigenvalue weighted by Gasteiger charge is 2.36. The molecule has 2 atom stereocenters. The highest BCUT2D eigenvalue weighted by molar-refractivity contribution is 5.94. The van der Waals surface area contributed by atoms with Gasteiger partial charge >= 0.3 is 12.1 Å². The van der Waals surface area contributed by atoms with Gasteiger partial charge in [-0.3, -0.25) is 4.90 Å². The van der Waals surface area contributed by atoms with E-state index < -0.39 is 6.09 Å². The maximum Gasteiger partial charge on any atom is 0.410 e. The summed E-state index contributed by atoms with van der Waals surface area (Å²) in [5, 5.41) is 1.86. The van der Waals surface area contributed by atoms with Gasteiger partial charge in [0, 0.05) is 43.2 Å². The first-order valence-electron chi connectivity index (χ1n) is 17.2. The van der Waals surface area contributed by atoms with Crippen LogP contribution in [0.3, 0.4) is 0 Å². The molecule has 7 rings (SSSR count). The minimum atomic E-state index is -0.420. The smallest absolute Gasteiger partial charge is 0.410 e. The molecular formula is C38H42FN7O3. The van der Waals surface area contributed by atoms with Crippen molar-refractivity contribution < 1.29 is 18.7 Å². The van der Waals surface area contributed by atoms with Crippen LogP contribution in [0.4, 0.5) is 20.7 Å². The molecule has 3 aromatic carbocycles. The van der Waals surface area contributed by atoms with E-state index in [0.29, 0.717) is 63.5 Å². The minimum absolute atomic E-state index is 0.149. The maximum absolute atomic E-state index is 15.6. The predicted octanol–water partition coefficient (Wildman–Crippen LogP) is 5.94. The SMILES string of the molecule is [C-]#[N+]C[C@H]1CN(c2nc(OC[C@@H]3CCCN3C)nc3c2CCCN(c2c(F)ccc4ccccc24)C3)CCN1C(=O)OCc1ccccc1. The van der Waals surface area contributed by atoms with Gasteiger partial charge in [0.05, 0.1) is 17.9 Å². The van der Waals surface area contributed by atoms with Gasteiger partial charge in [0.25, 0.3) is 0 Å². The number of rotatable bonds is 8. The summed E-state index contributed by atoms with van der Waals surface area (Å²) in [7, 11) is 2.11. The number of hydrogen-bond acceptors (Lipinski definition) is 8. The number of carbonyl (C=O) groups is 1. The first kappa shape index (κ1) is 32.6. The Morgan fingerprint density at radius 1 is 0.959 bits per heavy atom. The third-order valence-electron chi connectivity index (χ3n) is 10.0. The van der Waals surface area contributed by atoms with Crippen LogP contribution in [0, 0.1) is 12.4 Å². The fourth-order valence-corrected chi connectivity index (χ4v) is 7.37. The summed E-state index contributed by atoms with van der Waals surface area (Å²) in [6, 6.07) is 21.1. The molecule has 4 aromatic rings. The summed E-state index contributed by atoms with van der Waals surface area (Å²) in [6.07, 6.45) is 3.27. The van der Waals surface area contributed by atoms with Crippen LogP contribution < -0.4 is 14.5 Å². The Bertz CT molecular complexity index is 1830. The highest BCUT2D eigenvalue weighted by Crippen LogP contribution is 2.36. The van der Waals surface area contributed by atoms with Gasteiger partial charge < -0.3 is 29.0 Å². The zero-order chi connectivity index (χ0) is 33.7. The highest BCUT2D eigenvalue weighted by atomic mass is 19.1. The lowest BCUT2D eigenvalue weighted by molar-refractivity contribution is 0.0788. The first-order valence-corrected chi connectivity index (χ1v) is 17.2. The number of amides is 1. The zero-order valence-corrected chi connectivity index (χ0v) is 27.9. The number of fused-ring (bicyclic) bond motifs is 2. The predicted molar refractivity (Wildman–Crippen MR) is 187 cm³/mol. The van der Waals surface area contributed by atoms with Crippen molar-refractivity contribution in [2.24, 2.45) is 0 Å². The molecule has 1 amide bonds. The molecule has 10 nitrogen and oxygen atoms in total. The molecule has 0 unspecified atom stereocenters. The minimum Gasteiger partial charge on any atom is -0.462 e. The quantitative estimate of drug-likeness (QED) is 0.215. The summed E-state index contributed by atoms with van der Waals surface area (Å²) in [6.45, 7) is 11.9. The van der Waals surface area contributed by atoms with Crippen LogP contribution in [0.2, 0.25) is 0 Å². The number of piperazine rings is 1. The van der Waals surface area contributed by atoms with E-state index in [4.69, 9.17) is 26.0 Å². The standard InChI is InChI=1S/C38H42FN7O3/c1-40-22-30-23-45(20-21-46(30)38(47)49-25-27-10-4-3-5-11-27)36-32-15-9-19-44(35-31-14-7-6-12-28(31)16-17-33(35)39)24-34(32)41-37(42-36)48-26-29-13-8-18-43(29)2/h3-7,10-12,14,16-17,29-30H,8-9,13,15,18-26H2,2H3/t29-,30-/m0/s1. The van der Waals surface area contributed by atoms with E-state index in [1.165, 1.54) is 0 Å². The summed E-state index contributed by atoms with van der Waals surface area (Å²) in [5.74, 6) is 0.515. The lowest BCUT2D eigenvalue weighted by Gasteiger charge is -2.39. The van der Waals surface area contributed by atoms with Crippen molar-refractivity contribution in [2.75, 3.05) is 62.7 Å². The van der Waals surface area contributed by atoms with E-state index in [1.54, 1.807) is 11.0 Å². The molecule has 11 heteroatoms. The average molecular weight is 664 g/mol. The van der Waals surface area contributed by atoms with Gasteiger partial charge in [-0.1, -0.05) is 60.7 Å². The van der Waals surface area contributed by atoms with Crippen LogP contribution in [0.5, 0.6) is 6.01 Å². The van der Waals surface area contributed by atoms with Crippen molar-refractivity contribution >= 4 is 28.4 Å². The summed E-state index contributed by atoms with van der Waals surface area (Å²) in [4.78, 5) is 35.2. The third-order valence-corrected chi connectivity index (χ3v) is 10.0. The molecule has 0 saturated carbocycles. The zero-order valence-electron chi connectivity index (χ0n) is 27.9. The molecule has 1 aromatic heterocycles. The molecule has 254 valence electrons. The normalized spacial score (nSPS) is 19.7. The largest absolute Gasteiger partial charge is 0.462 e. The van der Waals surface area contributed by atoms with E-state index in [2.05, 4.69) is 26.6 Å². The van der Waals surface area contributed by atoms with E-state index in [9.17, 15) is 4.79 Å². The summed E-state index contributed by atoms with van der Waals surface area (Å²) < 4.78 is 27.6. The third kappa shape index (κ3) is 7.10. The van der Waals surface area contributed by atoms with Gasteiger partial charge in [0.2, 0.25) is 6.54 Å². The monoisotopic (exact) mass is 663 g/mol. The van der Waals surface area contributed by atoms with E-state index in [0.717, 1.165) is 59.2 Å². The van der Waals surface area contributed by atoms with Crippen molar-refractivity contribution in [3.63, 3.8) is 0 Å². The summed E-state index contributed by atoms with van der Waals surface area (Å²) in [5.41, 5.74) is 3.32. The first-order chi connectivity index (χ1) is 24.0. The Morgan fingerprint density at radius 3 is 2.61 bits per heavy atom. The van der Waals surface area contributed by atoms with Crippen LogP contribution in [-0.4, -0.2) is 90.9 Å². The number of ether oxygens (including phenoxy) is 2. The summed E-state index contributed by atoms with van der Waals surface area (Å²) >= 11 is 0. The van der Waals surface area contributed by atoms with Crippen LogP contribution >= 0.6 is 0 Å². The molecule has 0 bridgehead atoms. The molecule has 4 heterocycles. The number of likely N-dealkylation sites (tertiary alicyclic amines) is 1. The Hall–Kier alpha value is -4.95. The van der Waals surface area contributed by atoms with Crippen molar-refractivity contribution in [3.8, 4) is 6.01 Å². The van der Waals surface area contributed by atoms with E-state index in [-0.39, 0.29) is 25.0 Å². The molecule has 0 spiro atoms. The number of nitrogens with zero attached hydrogens (tertiary/aromatic N) is 7. The fourth-order valence-electron chi connectivity index (χ4n) is 7.37. The molecule has 2 fully saturated rings. The van der Waals surface area contributed by atoms with Crippen LogP contribution in [-0.2, 0) is 24.3 Å². The molecule has 3 aliphatic heterocycles. The van der Waals surface area contributed by atoms with E-state index in [1.807, 2.05) is 60.7 Å². The lowest BCUT2D eigenvalue weighted by Crippen LogP contribution is -2.56. The van der Waals surface area contributed by atoms with Gasteiger partial charge in [-0.25, -0.2) is 15.8 Å². The number of anilines is 2. The van der Waals surface area contributed by atoms with Gasteiger partial charge in [-0.05, 0) is 56.3 Å². The number of likely N-dealkylation sites (N-methyl/N-ethyl adjacent to an activating group) is 1. The second kappa shape index (κ2) is 14.7. The van der Waals surface area contributed by atoms with Gasteiger partial charge in [-0.2, -0.15) is 9.97 Å². The number of halogens is 1. The fraction of sp³-hybridized carbons (Fsp3) is 0.421. The number of aromatic nitrogens is 2. The molecule has 0 aliphatic carbocycles. The second-order valence-electron chi connectivity index (χ2n) is 13.2. The van der Waals surface area contributed by atoms with Crippen LogP contribution in [0.15, 0.2) is 66.7 Å². The second-order valence-corrected chi connectivity index (χ2v) is 13.2. The van der Waals surface area contributed by atoms with Crippen molar-refractivity contribution in [3.05, 3.63) is 101 Å². The average Bonchev–Trinajstić information content (AvgIpc) is 3.42. The van der Waals surface area contributed by atoms with Crippen LogP contribution in [0.25, 0.3) is 15.6 Å². The lowest BCUT2D eigenvalue weighted by atomic mass is 10.1. The Labute approximate surface area is 286 Å². The van der Waals surface area contributed by atoms with E-state index >= 15 is 4.39 Å². The maximum atomic E-state index is 15.6. The topological polar surface area (TPSA) is 78.6 Å². The number of carbonyl (C=O) groups excluding carboxylic acids is 1. The molecule has 3 aliphatic rings. The van der Waals surface area contributed by atoms with Gasteiger partial charge in [0.15, 0.2) is 0 Å². The molecule has 49 heavy (non-hydrogen) atoms. The van der Waals surface area contributed by atoms with Crippen molar-refractivity contribution in [1.82, 2.24) is 19.8 Å². The number of hydrogen-bond donors (Lipinski definition) is 0. The van der Waals surface area contributed by atoms with Gasteiger partial charge in [-0.15, -0.1) is 0 Å². The van der Waals surface area contributed by atoms with Crippen LogP contribution in [0.1, 0.15) is 36.1 Å². The number of benzene rings is 3. The molecule has 2 saturated heterocycles.